The average molecular weight is 288 g/mol. The quantitative estimate of drug-likeness (QED) is 0.845. The maximum absolute atomic E-state index is 12.6. The Balaban J connectivity index is 1.83. The summed E-state index contributed by atoms with van der Waals surface area (Å²) in [7, 11) is 1.62. The van der Waals surface area contributed by atoms with E-state index < -0.39 is 6.04 Å². The van der Waals surface area contributed by atoms with Crippen molar-refractivity contribution in [2.24, 2.45) is 0 Å². The Hall–Kier alpha value is -2.04. The number of carbonyl (C=O) groups excluding carboxylic acids is 2. The van der Waals surface area contributed by atoms with E-state index in [0.29, 0.717) is 13.1 Å². The number of amides is 2. The molecule has 0 aromatic heterocycles. The summed E-state index contributed by atoms with van der Waals surface area (Å²) in [5, 5.41) is 0. The molecule has 2 fully saturated rings. The molecular weight excluding hydrogens is 268 g/mol. The molecule has 5 heteroatoms. The first-order valence-electron chi connectivity index (χ1n) is 7.35. The van der Waals surface area contributed by atoms with Crippen molar-refractivity contribution in [3.05, 3.63) is 29.8 Å². The second-order valence-corrected chi connectivity index (χ2v) is 5.68. The zero-order valence-corrected chi connectivity index (χ0v) is 12.4. The topological polar surface area (TPSA) is 49.9 Å². The lowest BCUT2D eigenvalue weighted by Gasteiger charge is -2.41. The second-order valence-electron chi connectivity index (χ2n) is 5.68. The Kier molecular flexibility index (Phi) is 3.57. The summed E-state index contributed by atoms with van der Waals surface area (Å²) in [6.07, 6.45) is 1.70. The van der Waals surface area contributed by atoms with Crippen LogP contribution >= 0.6 is 0 Å². The maximum Gasteiger partial charge on any atom is 0.246 e. The first-order chi connectivity index (χ1) is 10.1. The summed E-state index contributed by atoms with van der Waals surface area (Å²) in [5.74, 6) is 0.904. The van der Waals surface area contributed by atoms with Gasteiger partial charge in [-0.25, -0.2) is 0 Å². The van der Waals surface area contributed by atoms with Gasteiger partial charge in [0.25, 0.3) is 0 Å². The van der Waals surface area contributed by atoms with Gasteiger partial charge in [-0.3, -0.25) is 9.59 Å². The van der Waals surface area contributed by atoms with E-state index in [4.69, 9.17) is 4.74 Å². The van der Waals surface area contributed by atoms with E-state index in [2.05, 4.69) is 0 Å². The van der Waals surface area contributed by atoms with E-state index in [-0.39, 0.29) is 17.9 Å². The third-order valence-corrected chi connectivity index (χ3v) is 4.42. The Morgan fingerprint density at radius 2 is 2.10 bits per heavy atom. The zero-order valence-electron chi connectivity index (χ0n) is 12.4. The van der Waals surface area contributed by atoms with Crippen molar-refractivity contribution >= 4 is 11.8 Å². The van der Waals surface area contributed by atoms with Gasteiger partial charge in [-0.15, -0.1) is 0 Å². The Bertz CT molecular complexity index is 572. The van der Waals surface area contributed by atoms with Crippen LogP contribution in [0.15, 0.2) is 24.3 Å². The highest BCUT2D eigenvalue weighted by atomic mass is 16.5. The molecule has 0 radical (unpaired) electrons. The number of ether oxygens (including phenoxy) is 1. The minimum absolute atomic E-state index is 0.0694. The van der Waals surface area contributed by atoms with E-state index in [0.717, 1.165) is 24.2 Å². The molecule has 2 heterocycles. The van der Waals surface area contributed by atoms with Crippen LogP contribution in [0.3, 0.4) is 0 Å². The fourth-order valence-corrected chi connectivity index (χ4v) is 3.23. The molecule has 1 aromatic rings. The lowest BCUT2D eigenvalue weighted by molar-refractivity contribution is -0.159. The molecule has 0 aliphatic carbocycles. The van der Waals surface area contributed by atoms with Crippen LogP contribution in [0.4, 0.5) is 0 Å². The predicted octanol–water partition coefficient (Wildman–Crippen LogP) is 1.42. The minimum atomic E-state index is -0.391. The molecule has 0 bridgehead atoms. The minimum Gasteiger partial charge on any atom is -0.497 e. The fraction of sp³-hybridized carbons (Fsp3) is 0.500. The van der Waals surface area contributed by atoms with E-state index in [9.17, 15) is 9.59 Å². The molecule has 2 atom stereocenters. The number of carbonyl (C=O) groups is 2. The molecule has 2 saturated heterocycles. The highest BCUT2D eigenvalue weighted by Crippen LogP contribution is 2.28. The van der Waals surface area contributed by atoms with Crippen molar-refractivity contribution in [3.63, 3.8) is 0 Å². The molecule has 0 saturated carbocycles. The average Bonchev–Trinajstić information content (AvgIpc) is 2.99. The van der Waals surface area contributed by atoms with Crippen molar-refractivity contribution in [2.75, 3.05) is 13.7 Å². The van der Waals surface area contributed by atoms with Gasteiger partial charge in [0.15, 0.2) is 0 Å². The van der Waals surface area contributed by atoms with Crippen LogP contribution in [-0.4, -0.2) is 47.4 Å². The molecule has 2 amide bonds. The molecule has 0 N–H and O–H groups in total. The fourth-order valence-electron chi connectivity index (χ4n) is 3.23. The molecule has 0 spiro atoms. The number of hydrogen-bond donors (Lipinski definition) is 0. The van der Waals surface area contributed by atoms with Crippen molar-refractivity contribution in [1.29, 1.82) is 0 Å². The summed E-state index contributed by atoms with van der Waals surface area (Å²) in [6, 6.07) is 6.99. The summed E-state index contributed by atoms with van der Waals surface area (Å²) in [6.45, 7) is 2.98. The molecule has 2 aliphatic heterocycles. The van der Waals surface area contributed by atoms with Crippen molar-refractivity contribution < 1.29 is 14.3 Å². The summed E-state index contributed by atoms with van der Waals surface area (Å²) in [5.41, 5.74) is 0.980. The van der Waals surface area contributed by atoms with Crippen LogP contribution in [0.1, 0.15) is 25.3 Å². The number of benzene rings is 1. The standard InChI is InChI=1S/C16H20N2O3/c1-11-15(19)17-8-4-7-14(17)16(20)18(11)10-12-5-3-6-13(9-12)21-2/h3,5-6,9,11,14H,4,7-8,10H2,1-2H3/t11-,14+/m0/s1. The summed E-state index contributed by atoms with van der Waals surface area (Å²) >= 11 is 0. The largest absolute Gasteiger partial charge is 0.497 e. The number of hydrogen-bond acceptors (Lipinski definition) is 3. The van der Waals surface area contributed by atoms with Crippen LogP contribution in [0.25, 0.3) is 0 Å². The molecule has 1 aromatic carbocycles. The van der Waals surface area contributed by atoms with Crippen LogP contribution < -0.4 is 4.74 Å². The van der Waals surface area contributed by atoms with E-state index in [1.165, 1.54) is 0 Å². The Morgan fingerprint density at radius 1 is 1.29 bits per heavy atom. The SMILES string of the molecule is COc1cccc(CN2C(=O)[C@H]3CCCN3C(=O)[C@@H]2C)c1. The number of fused-ring (bicyclic) bond motifs is 1. The monoisotopic (exact) mass is 288 g/mol. The van der Waals surface area contributed by atoms with E-state index in [1.807, 2.05) is 31.2 Å². The van der Waals surface area contributed by atoms with Crippen molar-refractivity contribution in [1.82, 2.24) is 9.80 Å². The Labute approximate surface area is 124 Å². The van der Waals surface area contributed by atoms with Gasteiger partial charge in [0.05, 0.1) is 7.11 Å². The van der Waals surface area contributed by atoms with Gasteiger partial charge in [0.2, 0.25) is 11.8 Å². The maximum atomic E-state index is 12.6. The predicted molar refractivity (Wildman–Crippen MR) is 77.7 cm³/mol. The molecule has 2 aliphatic rings. The molecule has 21 heavy (non-hydrogen) atoms. The van der Waals surface area contributed by atoms with Crippen LogP contribution in [0.2, 0.25) is 0 Å². The van der Waals surface area contributed by atoms with Gasteiger partial charge in [-0.2, -0.15) is 0 Å². The summed E-state index contributed by atoms with van der Waals surface area (Å²) < 4.78 is 5.21. The van der Waals surface area contributed by atoms with Gasteiger partial charge in [0.1, 0.15) is 17.8 Å². The third kappa shape index (κ3) is 2.37. The lowest BCUT2D eigenvalue weighted by atomic mass is 10.0. The van der Waals surface area contributed by atoms with Crippen LogP contribution in [-0.2, 0) is 16.1 Å². The zero-order chi connectivity index (χ0) is 15.0. The van der Waals surface area contributed by atoms with Crippen molar-refractivity contribution in [2.45, 2.75) is 38.4 Å². The smallest absolute Gasteiger partial charge is 0.246 e. The van der Waals surface area contributed by atoms with E-state index >= 15 is 0 Å². The number of rotatable bonds is 3. The van der Waals surface area contributed by atoms with Gasteiger partial charge >= 0.3 is 0 Å². The number of methoxy groups -OCH3 is 1. The number of piperazine rings is 1. The highest BCUT2D eigenvalue weighted by Gasteiger charge is 2.45. The lowest BCUT2D eigenvalue weighted by Crippen LogP contribution is -2.61. The molecule has 112 valence electrons. The first-order valence-corrected chi connectivity index (χ1v) is 7.35. The Morgan fingerprint density at radius 3 is 2.86 bits per heavy atom. The first kappa shape index (κ1) is 13.9. The van der Waals surface area contributed by atoms with Gasteiger partial charge in [-0.05, 0) is 37.5 Å². The van der Waals surface area contributed by atoms with Crippen molar-refractivity contribution in [3.8, 4) is 5.75 Å². The third-order valence-electron chi connectivity index (χ3n) is 4.42. The summed E-state index contributed by atoms with van der Waals surface area (Å²) in [4.78, 5) is 28.4. The highest BCUT2D eigenvalue weighted by molar-refractivity contribution is 5.97. The van der Waals surface area contributed by atoms with E-state index in [1.54, 1.807) is 16.9 Å². The molecule has 5 nitrogen and oxygen atoms in total. The van der Waals surface area contributed by atoms with Gasteiger partial charge < -0.3 is 14.5 Å². The van der Waals surface area contributed by atoms with Gasteiger partial charge in [0, 0.05) is 13.1 Å². The normalized spacial score (nSPS) is 25.2. The number of nitrogens with zero attached hydrogens (tertiary/aromatic N) is 2. The van der Waals surface area contributed by atoms with Gasteiger partial charge in [-0.1, -0.05) is 12.1 Å². The van der Waals surface area contributed by atoms with Crippen LogP contribution in [0.5, 0.6) is 5.75 Å². The second kappa shape index (κ2) is 5.39. The van der Waals surface area contributed by atoms with Crippen LogP contribution in [0, 0.1) is 0 Å². The molecule has 3 rings (SSSR count). The molecule has 0 unspecified atom stereocenters. The molecular formula is C16H20N2O3.